The highest BCUT2D eigenvalue weighted by atomic mass is 79.9. The Kier molecular flexibility index (Phi) is 7.22. The Hall–Kier alpha value is -2.45. The van der Waals surface area contributed by atoms with Crippen molar-refractivity contribution in [1.29, 1.82) is 0 Å². The number of hydrogen-bond donors (Lipinski definition) is 1. The number of esters is 1. The summed E-state index contributed by atoms with van der Waals surface area (Å²) in [7, 11) is 0. The molecule has 0 bridgehead atoms. The number of likely N-dealkylation sites (N-methyl/N-ethyl adjacent to an activating group) is 1. The van der Waals surface area contributed by atoms with Crippen molar-refractivity contribution < 1.29 is 18.7 Å². The van der Waals surface area contributed by atoms with Gasteiger partial charge in [0.25, 0.3) is 5.91 Å². The molecule has 1 aliphatic heterocycles. The number of nitrogens with one attached hydrogen (secondary N) is 1. The van der Waals surface area contributed by atoms with Gasteiger partial charge in [0.05, 0.1) is 5.56 Å². The summed E-state index contributed by atoms with van der Waals surface area (Å²) in [4.78, 5) is 28.8. The minimum Gasteiger partial charge on any atom is -0.452 e. The number of ether oxygens (including phenoxy) is 1. The van der Waals surface area contributed by atoms with Gasteiger partial charge < -0.3 is 19.9 Å². The average Bonchev–Trinajstić information content (AvgIpc) is 2.73. The molecule has 0 spiro atoms. The maximum Gasteiger partial charge on any atom is 0.339 e. The molecule has 3 rings (SSSR count). The Balaban J connectivity index is 1.48. The molecule has 2 aromatic carbocycles. The smallest absolute Gasteiger partial charge is 0.339 e. The van der Waals surface area contributed by atoms with E-state index in [2.05, 4.69) is 38.0 Å². The van der Waals surface area contributed by atoms with Crippen LogP contribution in [0.15, 0.2) is 46.9 Å². The number of anilines is 2. The van der Waals surface area contributed by atoms with Crippen LogP contribution in [-0.4, -0.2) is 56.1 Å². The Morgan fingerprint density at radius 2 is 1.79 bits per heavy atom. The van der Waals surface area contributed by atoms with Crippen LogP contribution < -0.4 is 10.2 Å². The first-order valence-corrected chi connectivity index (χ1v) is 10.2. The number of rotatable bonds is 6. The molecule has 1 saturated heterocycles. The number of carbonyl (C=O) groups is 2. The summed E-state index contributed by atoms with van der Waals surface area (Å²) in [6.45, 7) is 6.87. The van der Waals surface area contributed by atoms with Crippen LogP contribution in [0.5, 0.6) is 0 Å². The van der Waals surface area contributed by atoms with Crippen molar-refractivity contribution in [3.05, 3.63) is 58.3 Å². The van der Waals surface area contributed by atoms with Crippen molar-refractivity contribution in [2.24, 2.45) is 0 Å². The van der Waals surface area contributed by atoms with Gasteiger partial charge >= 0.3 is 5.97 Å². The van der Waals surface area contributed by atoms with Gasteiger partial charge in [-0.05, 0) is 64.9 Å². The van der Waals surface area contributed by atoms with Crippen molar-refractivity contribution >= 4 is 39.2 Å². The van der Waals surface area contributed by atoms with E-state index in [0.29, 0.717) is 5.69 Å². The molecule has 0 unspecified atom stereocenters. The fraction of sp³-hybridized carbons (Fsp3) is 0.333. The largest absolute Gasteiger partial charge is 0.452 e. The molecular weight excluding hydrogens is 441 g/mol. The summed E-state index contributed by atoms with van der Waals surface area (Å²) >= 11 is 3.11. The van der Waals surface area contributed by atoms with E-state index in [4.69, 9.17) is 4.74 Å². The summed E-state index contributed by atoms with van der Waals surface area (Å²) < 4.78 is 18.4. The molecule has 1 N–H and O–H groups in total. The fourth-order valence-corrected chi connectivity index (χ4v) is 3.65. The van der Waals surface area contributed by atoms with Gasteiger partial charge in [-0.15, -0.1) is 0 Å². The lowest BCUT2D eigenvalue weighted by Gasteiger charge is -2.35. The lowest BCUT2D eigenvalue weighted by molar-refractivity contribution is -0.119. The van der Waals surface area contributed by atoms with E-state index in [1.165, 1.54) is 12.1 Å². The van der Waals surface area contributed by atoms with Crippen molar-refractivity contribution in [3.63, 3.8) is 0 Å². The molecule has 1 aliphatic rings. The number of nitrogens with zero attached hydrogens (tertiary/aromatic N) is 2. The molecule has 0 saturated carbocycles. The molecule has 0 aromatic heterocycles. The Bertz CT molecular complexity index is 868. The number of hydrogen-bond acceptors (Lipinski definition) is 5. The van der Waals surface area contributed by atoms with Gasteiger partial charge in [0, 0.05) is 42.0 Å². The molecule has 2 aromatic rings. The maximum atomic E-state index is 13.1. The molecule has 0 atom stereocenters. The Morgan fingerprint density at radius 3 is 2.41 bits per heavy atom. The first-order chi connectivity index (χ1) is 14.0. The van der Waals surface area contributed by atoms with E-state index in [-0.39, 0.29) is 10.0 Å². The third-order valence-electron chi connectivity index (χ3n) is 4.82. The molecule has 0 radical (unpaired) electrons. The van der Waals surface area contributed by atoms with E-state index in [0.717, 1.165) is 44.5 Å². The van der Waals surface area contributed by atoms with Gasteiger partial charge in [-0.3, -0.25) is 4.79 Å². The van der Waals surface area contributed by atoms with Crippen LogP contribution in [0.4, 0.5) is 15.8 Å². The highest BCUT2D eigenvalue weighted by Crippen LogP contribution is 2.20. The maximum absolute atomic E-state index is 13.1. The Labute approximate surface area is 177 Å². The van der Waals surface area contributed by atoms with Crippen LogP contribution in [0.25, 0.3) is 0 Å². The van der Waals surface area contributed by atoms with Crippen LogP contribution in [0.2, 0.25) is 0 Å². The van der Waals surface area contributed by atoms with Crippen molar-refractivity contribution in [2.75, 3.05) is 49.5 Å². The second-order valence-corrected chi connectivity index (χ2v) is 7.57. The molecule has 6 nitrogen and oxygen atoms in total. The normalized spacial score (nSPS) is 14.5. The third kappa shape index (κ3) is 5.77. The second kappa shape index (κ2) is 9.84. The number of amides is 1. The van der Waals surface area contributed by atoms with Gasteiger partial charge in [-0.2, -0.15) is 0 Å². The number of piperazine rings is 1. The van der Waals surface area contributed by atoms with Crippen LogP contribution in [0, 0.1) is 5.82 Å². The summed E-state index contributed by atoms with van der Waals surface area (Å²) in [6.07, 6.45) is 0. The minimum atomic E-state index is -0.700. The highest BCUT2D eigenvalue weighted by Gasteiger charge is 2.16. The van der Waals surface area contributed by atoms with Crippen molar-refractivity contribution in [3.8, 4) is 0 Å². The lowest BCUT2D eigenvalue weighted by atomic mass is 10.2. The third-order valence-corrected chi connectivity index (χ3v) is 5.48. The van der Waals surface area contributed by atoms with Crippen LogP contribution in [0.1, 0.15) is 17.3 Å². The standard InChI is InChI=1S/C21H23BrFN3O3/c1-2-25-9-11-26(12-10-25)17-6-4-16(5-7-17)24-20(27)14-29-21(28)18-8-3-15(23)13-19(18)22/h3-8,13H,2,9-12,14H2,1H3,(H,24,27). The van der Waals surface area contributed by atoms with Gasteiger partial charge in [0.2, 0.25) is 0 Å². The summed E-state index contributed by atoms with van der Waals surface area (Å²) in [6, 6.07) is 11.2. The average molecular weight is 464 g/mol. The summed E-state index contributed by atoms with van der Waals surface area (Å²) in [5.74, 6) is -1.61. The fourth-order valence-electron chi connectivity index (χ4n) is 3.14. The van der Waals surface area contributed by atoms with E-state index in [1.807, 2.05) is 24.3 Å². The molecule has 1 heterocycles. The first-order valence-electron chi connectivity index (χ1n) is 9.45. The monoisotopic (exact) mass is 463 g/mol. The van der Waals surface area contributed by atoms with E-state index in [1.54, 1.807) is 0 Å². The van der Waals surface area contributed by atoms with E-state index in [9.17, 15) is 14.0 Å². The molecule has 8 heteroatoms. The van der Waals surface area contributed by atoms with E-state index >= 15 is 0 Å². The molecular formula is C21H23BrFN3O3. The van der Waals surface area contributed by atoms with Crippen LogP contribution >= 0.6 is 15.9 Å². The number of halogens is 2. The Morgan fingerprint density at radius 1 is 1.10 bits per heavy atom. The van der Waals surface area contributed by atoms with Crippen LogP contribution in [0.3, 0.4) is 0 Å². The molecule has 0 aliphatic carbocycles. The molecule has 1 amide bonds. The predicted molar refractivity (Wildman–Crippen MR) is 114 cm³/mol. The summed E-state index contributed by atoms with van der Waals surface area (Å²) in [5.41, 5.74) is 1.91. The van der Waals surface area contributed by atoms with Gasteiger partial charge in [-0.1, -0.05) is 6.92 Å². The zero-order valence-corrected chi connectivity index (χ0v) is 17.7. The quantitative estimate of drug-likeness (QED) is 0.663. The highest BCUT2D eigenvalue weighted by molar-refractivity contribution is 9.10. The molecule has 154 valence electrons. The van der Waals surface area contributed by atoms with Gasteiger partial charge in [-0.25, -0.2) is 9.18 Å². The van der Waals surface area contributed by atoms with E-state index < -0.39 is 24.3 Å². The molecule has 1 fully saturated rings. The molecule has 29 heavy (non-hydrogen) atoms. The second-order valence-electron chi connectivity index (χ2n) is 6.72. The topological polar surface area (TPSA) is 61.9 Å². The van der Waals surface area contributed by atoms with Gasteiger partial charge in [0.1, 0.15) is 5.82 Å². The minimum absolute atomic E-state index is 0.159. The number of carbonyl (C=O) groups excluding carboxylic acids is 2. The first kappa shape index (κ1) is 21.3. The van der Waals surface area contributed by atoms with Crippen LogP contribution in [-0.2, 0) is 9.53 Å². The zero-order valence-electron chi connectivity index (χ0n) is 16.2. The van der Waals surface area contributed by atoms with Crippen molar-refractivity contribution in [2.45, 2.75) is 6.92 Å². The SMILES string of the molecule is CCN1CCN(c2ccc(NC(=O)COC(=O)c3ccc(F)cc3Br)cc2)CC1. The number of benzene rings is 2. The van der Waals surface area contributed by atoms with Gasteiger partial charge in [0.15, 0.2) is 6.61 Å². The zero-order chi connectivity index (χ0) is 20.8. The predicted octanol–water partition coefficient (Wildman–Crippen LogP) is 3.53. The lowest BCUT2D eigenvalue weighted by Crippen LogP contribution is -2.46. The summed E-state index contributed by atoms with van der Waals surface area (Å²) in [5, 5.41) is 2.70. The van der Waals surface area contributed by atoms with Crippen molar-refractivity contribution in [1.82, 2.24) is 4.90 Å².